The average Bonchev–Trinajstić information content (AvgIpc) is 2.55. The predicted molar refractivity (Wildman–Crippen MR) is 61.0 cm³/mol. The summed E-state index contributed by atoms with van der Waals surface area (Å²) in [6, 6.07) is 0. The van der Waals surface area contributed by atoms with Gasteiger partial charge in [0.05, 0.1) is 17.5 Å². The van der Waals surface area contributed by atoms with Gasteiger partial charge in [0.15, 0.2) is 0 Å². The van der Waals surface area contributed by atoms with Crippen molar-refractivity contribution in [2.75, 3.05) is 19.4 Å². The maximum Gasteiger partial charge on any atom is 0.271 e. The highest BCUT2D eigenvalue weighted by Gasteiger charge is 2.20. The number of hydrogen-bond donors (Lipinski definition) is 2. The Bertz CT molecular complexity index is 365. The van der Waals surface area contributed by atoms with Gasteiger partial charge < -0.3 is 15.8 Å². The first-order valence-electron chi connectivity index (χ1n) is 4.98. The molecule has 1 aromatic heterocycles. The maximum atomic E-state index is 11.8. The first-order chi connectivity index (χ1) is 7.37. The molecule has 0 radical (unpaired) electrons. The number of nitrogen functional groups attached to an aromatic ring is 1. The molecule has 0 unspecified atom stereocenters. The second kappa shape index (κ2) is 4.52. The van der Waals surface area contributed by atoms with Crippen LogP contribution in [0.15, 0.2) is 6.20 Å². The molecule has 0 atom stereocenters. The second-order valence-electron chi connectivity index (χ2n) is 4.22. The zero-order chi connectivity index (χ0) is 12.3. The molecule has 90 valence electrons. The Morgan fingerprint density at radius 3 is 2.75 bits per heavy atom. The lowest BCUT2D eigenvalue weighted by atomic mass is 10.1. The van der Waals surface area contributed by atoms with Gasteiger partial charge in [-0.15, -0.1) is 0 Å². The van der Waals surface area contributed by atoms with Crippen molar-refractivity contribution in [2.45, 2.75) is 19.4 Å². The highest BCUT2D eigenvalue weighted by atomic mass is 16.5. The van der Waals surface area contributed by atoms with E-state index in [1.54, 1.807) is 14.2 Å². The fraction of sp³-hybridized carbons (Fsp3) is 0.600. The van der Waals surface area contributed by atoms with E-state index in [0.717, 1.165) is 0 Å². The molecule has 0 aromatic carbocycles. The van der Waals surface area contributed by atoms with Gasteiger partial charge in [0.25, 0.3) is 5.91 Å². The highest BCUT2D eigenvalue weighted by Crippen LogP contribution is 2.10. The highest BCUT2D eigenvalue weighted by molar-refractivity contribution is 5.97. The minimum absolute atomic E-state index is 0.248. The molecule has 0 saturated heterocycles. The number of aromatic nitrogens is 2. The Balaban J connectivity index is 2.67. The van der Waals surface area contributed by atoms with Crippen molar-refractivity contribution in [1.29, 1.82) is 0 Å². The van der Waals surface area contributed by atoms with E-state index in [0.29, 0.717) is 17.9 Å². The van der Waals surface area contributed by atoms with Crippen LogP contribution in [0.5, 0.6) is 0 Å². The molecule has 3 N–H and O–H groups in total. The summed E-state index contributed by atoms with van der Waals surface area (Å²) in [4.78, 5) is 11.8. The molecule has 0 aliphatic carbocycles. The first-order valence-corrected chi connectivity index (χ1v) is 4.98. The van der Waals surface area contributed by atoms with Crippen LogP contribution < -0.4 is 11.1 Å². The van der Waals surface area contributed by atoms with Crippen LogP contribution >= 0.6 is 0 Å². The number of hydrogen-bond acceptors (Lipinski definition) is 4. The number of aryl methyl sites for hydroxylation is 1. The first kappa shape index (κ1) is 12.5. The van der Waals surface area contributed by atoms with E-state index in [2.05, 4.69) is 10.4 Å². The molecule has 1 amide bonds. The minimum Gasteiger partial charge on any atom is -0.396 e. The summed E-state index contributed by atoms with van der Waals surface area (Å²) in [6.45, 7) is 4.19. The smallest absolute Gasteiger partial charge is 0.271 e. The lowest BCUT2D eigenvalue weighted by Crippen LogP contribution is -2.40. The summed E-state index contributed by atoms with van der Waals surface area (Å²) >= 11 is 0. The number of carbonyl (C=O) groups excluding carboxylic acids is 1. The van der Waals surface area contributed by atoms with Crippen LogP contribution in [0.3, 0.4) is 0 Å². The van der Waals surface area contributed by atoms with E-state index in [-0.39, 0.29) is 5.91 Å². The van der Waals surface area contributed by atoms with Gasteiger partial charge in [-0.05, 0) is 13.8 Å². The maximum absolute atomic E-state index is 11.8. The number of nitrogens with zero attached hydrogens (tertiary/aromatic N) is 2. The molecule has 0 saturated carbocycles. The third-order valence-electron chi connectivity index (χ3n) is 2.41. The summed E-state index contributed by atoms with van der Waals surface area (Å²) < 4.78 is 6.65. The molecule has 0 fully saturated rings. The SMILES string of the molecule is COC(C)(C)CNC(=O)c1c(N)cnn1C. The number of anilines is 1. The number of methoxy groups -OCH3 is 1. The van der Waals surface area contributed by atoms with Crippen molar-refractivity contribution < 1.29 is 9.53 Å². The van der Waals surface area contributed by atoms with Crippen LogP contribution in [0.1, 0.15) is 24.3 Å². The molecule has 1 aromatic rings. The van der Waals surface area contributed by atoms with Gasteiger partial charge in [-0.25, -0.2) is 0 Å². The van der Waals surface area contributed by atoms with E-state index < -0.39 is 5.60 Å². The van der Waals surface area contributed by atoms with Gasteiger partial charge in [-0.2, -0.15) is 5.10 Å². The van der Waals surface area contributed by atoms with Crippen LogP contribution in [0.4, 0.5) is 5.69 Å². The zero-order valence-corrected chi connectivity index (χ0v) is 10.1. The van der Waals surface area contributed by atoms with Crippen molar-refractivity contribution in [3.05, 3.63) is 11.9 Å². The fourth-order valence-electron chi connectivity index (χ4n) is 1.18. The summed E-state index contributed by atoms with van der Waals surface area (Å²) in [5, 5.41) is 6.65. The summed E-state index contributed by atoms with van der Waals surface area (Å²) in [5.74, 6) is -0.248. The van der Waals surface area contributed by atoms with Crippen molar-refractivity contribution in [2.24, 2.45) is 7.05 Å². The Labute approximate surface area is 94.8 Å². The summed E-state index contributed by atoms with van der Waals surface area (Å²) in [6.07, 6.45) is 1.45. The van der Waals surface area contributed by atoms with Gasteiger partial charge >= 0.3 is 0 Å². The van der Waals surface area contributed by atoms with Gasteiger partial charge in [0, 0.05) is 20.7 Å². The molecule has 16 heavy (non-hydrogen) atoms. The number of nitrogens with two attached hydrogens (primary N) is 1. The minimum atomic E-state index is -0.400. The predicted octanol–water partition coefficient (Wildman–Crippen LogP) is 0.157. The summed E-state index contributed by atoms with van der Waals surface area (Å²) in [5.41, 5.74) is 5.98. The van der Waals surface area contributed by atoms with Crippen LogP contribution in [0.25, 0.3) is 0 Å². The van der Waals surface area contributed by atoms with Crippen molar-refractivity contribution in [1.82, 2.24) is 15.1 Å². The lowest BCUT2D eigenvalue weighted by molar-refractivity contribution is 0.0228. The van der Waals surface area contributed by atoms with E-state index in [4.69, 9.17) is 10.5 Å². The second-order valence-corrected chi connectivity index (χ2v) is 4.22. The van der Waals surface area contributed by atoms with Crippen molar-refractivity contribution in [3.8, 4) is 0 Å². The Morgan fingerprint density at radius 1 is 1.69 bits per heavy atom. The number of nitrogens with one attached hydrogen (secondary N) is 1. The van der Waals surface area contributed by atoms with Crippen LogP contribution in [-0.2, 0) is 11.8 Å². The van der Waals surface area contributed by atoms with Gasteiger partial charge in [0.1, 0.15) is 5.69 Å². The van der Waals surface area contributed by atoms with Gasteiger partial charge in [-0.1, -0.05) is 0 Å². The standard InChI is InChI=1S/C10H18N4O2/c1-10(2,16-4)6-12-9(15)8-7(11)5-13-14(8)3/h5H,6,11H2,1-4H3,(H,12,15). The quantitative estimate of drug-likeness (QED) is 0.766. The van der Waals surface area contributed by atoms with Gasteiger partial charge in [0.2, 0.25) is 0 Å². The van der Waals surface area contributed by atoms with E-state index >= 15 is 0 Å². The molecule has 0 bridgehead atoms. The molecular weight excluding hydrogens is 208 g/mol. The molecule has 1 heterocycles. The number of amides is 1. The number of rotatable bonds is 4. The monoisotopic (exact) mass is 226 g/mol. The molecule has 0 spiro atoms. The van der Waals surface area contributed by atoms with Gasteiger partial charge in [-0.3, -0.25) is 9.48 Å². The van der Waals surface area contributed by atoms with Crippen LogP contribution in [0.2, 0.25) is 0 Å². The van der Waals surface area contributed by atoms with Crippen LogP contribution in [0, 0.1) is 0 Å². The van der Waals surface area contributed by atoms with Crippen molar-refractivity contribution >= 4 is 11.6 Å². The van der Waals surface area contributed by atoms with E-state index in [1.165, 1.54) is 10.9 Å². The topological polar surface area (TPSA) is 82.2 Å². The number of ether oxygens (including phenoxy) is 1. The third kappa shape index (κ3) is 2.73. The Kier molecular flexibility index (Phi) is 3.54. The molecule has 6 heteroatoms. The average molecular weight is 226 g/mol. The van der Waals surface area contributed by atoms with Crippen molar-refractivity contribution in [3.63, 3.8) is 0 Å². The zero-order valence-electron chi connectivity index (χ0n) is 10.1. The molecule has 6 nitrogen and oxygen atoms in total. The normalized spacial score (nSPS) is 11.5. The lowest BCUT2D eigenvalue weighted by Gasteiger charge is -2.23. The number of carbonyl (C=O) groups is 1. The molecule has 0 aliphatic heterocycles. The Hall–Kier alpha value is -1.56. The van der Waals surface area contributed by atoms with E-state index in [9.17, 15) is 4.79 Å². The summed E-state index contributed by atoms with van der Waals surface area (Å²) in [7, 11) is 3.28. The third-order valence-corrected chi connectivity index (χ3v) is 2.41. The molecular formula is C10H18N4O2. The fourth-order valence-corrected chi connectivity index (χ4v) is 1.18. The van der Waals surface area contributed by atoms with E-state index in [1.807, 2.05) is 13.8 Å². The van der Waals surface area contributed by atoms with Crippen LogP contribution in [-0.4, -0.2) is 34.9 Å². The molecule has 1 rings (SSSR count). The molecule has 0 aliphatic rings. The largest absolute Gasteiger partial charge is 0.396 e. The Morgan fingerprint density at radius 2 is 2.31 bits per heavy atom.